The fourth-order valence-electron chi connectivity index (χ4n) is 1.98. The lowest BCUT2D eigenvalue weighted by Gasteiger charge is -2.36. The third kappa shape index (κ3) is 7.26. The van der Waals surface area contributed by atoms with Gasteiger partial charge in [0.2, 0.25) is 0 Å². The smallest absolute Gasteiger partial charge is 0.303 e. The summed E-state index contributed by atoms with van der Waals surface area (Å²) in [5, 5.41) is 8.70. The van der Waals surface area contributed by atoms with Crippen molar-refractivity contribution in [1.29, 1.82) is 0 Å². The quantitative estimate of drug-likeness (QED) is 0.368. The maximum Gasteiger partial charge on any atom is 0.303 e. The number of unbranched alkanes of at least 4 members (excludes halogenated alkanes) is 1. The van der Waals surface area contributed by atoms with Crippen molar-refractivity contribution >= 4 is 26.1 Å². The van der Waals surface area contributed by atoms with E-state index >= 15 is 0 Å². The number of carboxylic acid groups (broad SMARTS) is 1. The highest BCUT2D eigenvalue weighted by atomic mass is 28.4. The monoisotopic (exact) mass is 362 g/mol. The van der Waals surface area contributed by atoms with Gasteiger partial charge in [0.1, 0.15) is 5.75 Å². The molecule has 1 aromatic carbocycles. The molecule has 0 aromatic heterocycles. The molecule has 0 saturated carbocycles. The molecule has 1 rings (SSSR count). The van der Waals surface area contributed by atoms with Crippen LogP contribution in [0.4, 0.5) is 0 Å². The fourth-order valence-corrected chi connectivity index (χ4v) is 3.02. The molecule has 0 spiro atoms. The molecule has 5 heteroatoms. The van der Waals surface area contributed by atoms with Crippen LogP contribution in [0.5, 0.6) is 5.75 Å². The van der Waals surface area contributed by atoms with Crippen molar-refractivity contribution in [2.24, 2.45) is 0 Å². The van der Waals surface area contributed by atoms with Gasteiger partial charge in [-0.2, -0.15) is 0 Å². The Labute approximate surface area is 152 Å². The van der Waals surface area contributed by atoms with E-state index in [1.165, 1.54) is 0 Å². The van der Waals surface area contributed by atoms with Crippen molar-refractivity contribution < 1.29 is 19.1 Å². The third-order valence-corrected chi connectivity index (χ3v) is 8.95. The average molecular weight is 363 g/mol. The van der Waals surface area contributed by atoms with Crippen LogP contribution in [0.25, 0.3) is 6.08 Å². The van der Waals surface area contributed by atoms with Gasteiger partial charge in [-0.15, -0.1) is 0 Å². The second kappa shape index (κ2) is 8.99. The lowest BCUT2D eigenvalue weighted by Crippen LogP contribution is -2.44. The van der Waals surface area contributed by atoms with Crippen LogP contribution in [0.1, 0.15) is 52.0 Å². The predicted molar refractivity (Wildman–Crippen MR) is 104 cm³/mol. The van der Waals surface area contributed by atoms with Crippen molar-refractivity contribution in [3.63, 3.8) is 0 Å². The number of para-hydroxylation sites is 1. The lowest BCUT2D eigenvalue weighted by molar-refractivity contribution is -0.137. The van der Waals surface area contributed by atoms with Crippen LogP contribution in [0.3, 0.4) is 0 Å². The highest BCUT2D eigenvalue weighted by Gasteiger charge is 2.39. The number of carbonyl (C=O) groups is 2. The maximum absolute atomic E-state index is 12.0. The fraction of sp³-hybridized carbons (Fsp3) is 0.500. The summed E-state index contributed by atoms with van der Waals surface area (Å²) >= 11 is 0. The summed E-state index contributed by atoms with van der Waals surface area (Å²) in [7, 11) is -1.94. The molecule has 0 atom stereocenters. The molecule has 1 aromatic rings. The van der Waals surface area contributed by atoms with Gasteiger partial charge in [0, 0.05) is 18.4 Å². The van der Waals surface area contributed by atoms with E-state index in [9.17, 15) is 9.59 Å². The Morgan fingerprint density at radius 3 is 2.32 bits per heavy atom. The lowest BCUT2D eigenvalue weighted by atomic mass is 10.1. The second-order valence-corrected chi connectivity index (χ2v) is 12.5. The number of hydrogen-bond acceptors (Lipinski definition) is 3. The molecule has 0 amide bonds. The van der Waals surface area contributed by atoms with Gasteiger partial charge in [0.05, 0.1) is 0 Å². The summed E-state index contributed by atoms with van der Waals surface area (Å²) in [5.41, 5.74) is 0.895. The third-order valence-electron chi connectivity index (χ3n) is 4.60. The van der Waals surface area contributed by atoms with Crippen molar-refractivity contribution in [2.75, 3.05) is 0 Å². The number of ketones is 1. The molecule has 4 nitrogen and oxygen atoms in total. The highest BCUT2D eigenvalue weighted by Crippen LogP contribution is 2.38. The Balaban J connectivity index is 2.73. The summed E-state index contributed by atoms with van der Waals surface area (Å²) in [5.74, 6) is -0.00349. The maximum atomic E-state index is 12.0. The Morgan fingerprint density at radius 2 is 1.72 bits per heavy atom. The molecule has 0 fully saturated rings. The molecule has 0 aliphatic carbocycles. The van der Waals surface area contributed by atoms with Crippen LogP contribution >= 0.6 is 0 Å². The van der Waals surface area contributed by atoms with Crippen LogP contribution < -0.4 is 4.43 Å². The normalized spacial score (nSPS) is 12.4. The van der Waals surface area contributed by atoms with Crippen LogP contribution in [0.2, 0.25) is 18.1 Å². The molecule has 25 heavy (non-hydrogen) atoms. The van der Waals surface area contributed by atoms with Gasteiger partial charge in [-0.1, -0.05) is 39.0 Å². The molecular formula is C20H30O4Si. The molecule has 0 heterocycles. The molecule has 1 N–H and O–H groups in total. The van der Waals surface area contributed by atoms with E-state index in [1.54, 1.807) is 12.2 Å². The predicted octanol–water partition coefficient (Wildman–Crippen LogP) is 5.30. The highest BCUT2D eigenvalue weighted by molar-refractivity contribution is 6.74. The zero-order chi connectivity index (χ0) is 19.1. The summed E-state index contributed by atoms with van der Waals surface area (Å²) < 4.78 is 6.37. The molecule has 0 unspecified atom stereocenters. The summed E-state index contributed by atoms with van der Waals surface area (Å²) in [6.45, 7) is 11.0. The van der Waals surface area contributed by atoms with E-state index in [0.717, 1.165) is 11.3 Å². The van der Waals surface area contributed by atoms with E-state index in [1.807, 2.05) is 24.3 Å². The topological polar surface area (TPSA) is 63.6 Å². The zero-order valence-electron chi connectivity index (χ0n) is 16.0. The first-order chi connectivity index (χ1) is 11.5. The van der Waals surface area contributed by atoms with Crippen LogP contribution in [0.15, 0.2) is 30.3 Å². The van der Waals surface area contributed by atoms with Crippen LogP contribution in [-0.4, -0.2) is 25.2 Å². The average Bonchev–Trinajstić information content (AvgIpc) is 2.49. The Bertz CT molecular complexity index is 627. The molecule has 0 radical (unpaired) electrons. The number of hydrogen-bond donors (Lipinski definition) is 1. The van der Waals surface area contributed by atoms with Gasteiger partial charge in [0.25, 0.3) is 8.32 Å². The van der Waals surface area contributed by atoms with Gasteiger partial charge in [-0.3, -0.25) is 9.59 Å². The summed E-state index contributed by atoms with van der Waals surface area (Å²) in [6.07, 6.45) is 4.96. The van der Waals surface area contributed by atoms with Gasteiger partial charge in [0.15, 0.2) is 5.78 Å². The molecule has 0 saturated heterocycles. The van der Waals surface area contributed by atoms with E-state index < -0.39 is 14.3 Å². The number of allylic oxidation sites excluding steroid dienone is 1. The van der Waals surface area contributed by atoms with Crippen LogP contribution in [-0.2, 0) is 9.59 Å². The first kappa shape index (κ1) is 21.2. The molecule has 138 valence electrons. The van der Waals surface area contributed by atoms with Crippen molar-refractivity contribution in [1.82, 2.24) is 0 Å². The van der Waals surface area contributed by atoms with Gasteiger partial charge < -0.3 is 9.53 Å². The van der Waals surface area contributed by atoms with E-state index in [2.05, 4.69) is 33.9 Å². The number of carbonyl (C=O) groups excluding carboxylic acids is 1. The van der Waals surface area contributed by atoms with Crippen LogP contribution in [0, 0.1) is 0 Å². The minimum Gasteiger partial charge on any atom is -0.543 e. The van der Waals surface area contributed by atoms with Crippen molar-refractivity contribution in [3.8, 4) is 5.75 Å². The first-order valence-corrected chi connectivity index (χ1v) is 11.6. The number of rotatable bonds is 9. The largest absolute Gasteiger partial charge is 0.543 e. The van der Waals surface area contributed by atoms with Gasteiger partial charge >= 0.3 is 5.97 Å². The van der Waals surface area contributed by atoms with E-state index in [0.29, 0.717) is 19.3 Å². The van der Waals surface area contributed by atoms with Crippen molar-refractivity contribution in [3.05, 3.63) is 35.9 Å². The Kier molecular flexibility index (Phi) is 7.61. The Hall–Kier alpha value is -1.88. The van der Waals surface area contributed by atoms with E-state index in [4.69, 9.17) is 9.53 Å². The van der Waals surface area contributed by atoms with Crippen molar-refractivity contribution in [2.45, 2.75) is 64.6 Å². The minimum atomic E-state index is -1.94. The first-order valence-electron chi connectivity index (χ1n) is 8.74. The molecular weight excluding hydrogens is 332 g/mol. The number of benzene rings is 1. The number of carboxylic acids is 1. The molecule has 0 aliphatic rings. The molecule has 0 aliphatic heterocycles. The molecule has 0 bridgehead atoms. The standard InChI is InChI=1S/C20H30O4Si/c1-20(2,3)25(4,5)24-18-12-8-6-10-16(18)14-15-17(21)11-7-9-13-19(22)23/h6,8,10,12,14-15H,7,9,11,13H2,1-5H3,(H,22,23). The van der Waals surface area contributed by atoms with E-state index in [-0.39, 0.29) is 17.2 Å². The zero-order valence-corrected chi connectivity index (χ0v) is 17.0. The number of aliphatic carboxylic acids is 1. The minimum absolute atomic E-state index is 0.00696. The Morgan fingerprint density at radius 1 is 1.12 bits per heavy atom. The summed E-state index contributed by atoms with van der Waals surface area (Å²) in [4.78, 5) is 22.4. The summed E-state index contributed by atoms with van der Waals surface area (Å²) in [6, 6.07) is 7.75. The second-order valence-electron chi connectivity index (χ2n) is 7.80. The SMILES string of the molecule is CC(C)(C)[Si](C)(C)Oc1ccccc1C=CC(=O)CCCCC(=O)O. The van der Waals surface area contributed by atoms with Gasteiger partial charge in [-0.25, -0.2) is 0 Å². The van der Waals surface area contributed by atoms with Gasteiger partial charge in [-0.05, 0) is 49.2 Å².